The summed E-state index contributed by atoms with van der Waals surface area (Å²) in [6.07, 6.45) is -0.663. The molecule has 2 rings (SSSR count). The highest BCUT2D eigenvalue weighted by molar-refractivity contribution is 5.94. The maximum atomic E-state index is 12.1. The first-order valence-corrected chi connectivity index (χ1v) is 7.40. The van der Waals surface area contributed by atoms with Crippen molar-refractivity contribution in [1.82, 2.24) is 0 Å². The van der Waals surface area contributed by atoms with Gasteiger partial charge in [0.1, 0.15) is 5.75 Å². The Morgan fingerprint density at radius 2 is 1.70 bits per heavy atom. The molecule has 0 unspecified atom stereocenters. The Bertz CT molecular complexity index is 652. The van der Waals surface area contributed by atoms with Gasteiger partial charge in [-0.05, 0) is 50.2 Å². The monoisotopic (exact) mass is 313 g/mol. The van der Waals surface area contributed by atoms with Crippen LogP contribution >= 0.6 is 0 Å². The molecular formula is C18H19NO4. The van der Waals surface area contributed by atoms with E-state index >= 15 is 0 Å². The number of benzene rings is 2. The van der Waals surface area contributed by atoms with Gasteiger partial charge in [-0.2, -0.15) is 0 Å². The van der Waals surface area contributed by atoms with Crippen LogP contribution in [0, 0.1) is 0 Å². The van der Waals surface area contributed by atoms with E-state index in [-0.39, 0.29) is 11.9 Å². The molecule has 0 aromatic heterocycles. The number of carbonyl (C=O) groups excluding carboxylic acids is 2. The zero-order valence-corrected chi connectivity index (χ0v) is 13.1. The predicted molar refractivity (Wildman–Crippen MR) is 87.6 cm³/mol. The average Bonchev–Trinajstić information content (AvgIpc) is 2.56. The highest BCUT2D eigenvalue weighted by atomic mass is 16.5. The number of esters is 1. The van der Waals surface area contributed by atoms with Crippen molar-refractivity contribution in [2.75, 3.05) is 11.9 Å². The molecule has 0 saturated carbocycles. The van der Waals surface area contributed by atoms with Crippen molar-refractivity contribution in [2.45, 2.75) is 20.0 Å². The molecule has 1 amide bonds. The zero-order chi connectivity index (χ0) is 16.7. The van der Waals surface area contributed by atoms with E-state index in [0.29, 0.717) is 23.6 Å². The Labute approximate surface area is 135 Å². The fourth-order valence-corrected chi connectivity index (χ4v) is 1.91. The molecule has 5 nitrogen and oxygen atoms in total. The van der Waals surface area contributed by atoms with Gasteiger partial charge < -0.3 is 14.8 Å². The van der Waals surface area contributed by atoms with Crippen LogP contribution in [0.4, 0.5) is 5.69 Å². The summed E-state index contributed by atoms with van der Waals surface area (Å²) in [5, 5.41) is 2.77. The first kappa shape index (κ1) is 16.5. The number of rotatable bonds is 6. The van der Waals surface area contributed by atoms with Crippen molar-refractivity contribution in [2.24, 2.45) is 0 Å². The summed E-state index contributed by atoms with van der Waals surface area (Å²) in [6.45, 7) is 3.74. The van der Waals surface area contributed by atoms with Gasteiger partial charge in [-0.1, -0.05) is 18.2 Å². The molecule has 2 aromatic rings. The standard InChI is InChI=1S/C18H19NO4/c1-3-22-18(21)14-9-11-16(12-10-14)23-13(2)17(20)19-15-7-5-4-6-8-15/h4-13H,3H2,1-2H3,(H,19,20)/t13-/m0/s1. The van der Waals surface area contributed by atoms with Crippen LogP contribution in [0.3, 0.4) is 0 Å². The van der Waals surface area contributed by atoms with Crippen molar-refractivity contribution in [3.63, 3.8) is 0 Å². The topological polar surface area (TPSA) is 64.6 Å². The van der Waals surface area contributed by atoms with E-state index in [4.69, 9.17) is 9.47 Å². The summed E-state index contributed by atoms with van der Waals surface area (Å²) >= 11 is 0. The number of para-hydroxylation sites is 1. The van der Waals surface area contributed by atoms with Crippen LogP contribution in [0.2, 0.25) is 0 Å². The van der Waals surface area contributed by atoms with Crippen LogP contribution in [0.1, 0.15) is 24.2 Å². The molecule has 0 bridgehead atoms. The van der Waals surface area contributed by atoms with E-state index in [0.717, 1.165) is 0 Å². The Morgan fingerprint density at radius 3 is 2.30 bits per heavy atom. The van der Waals surface area contributed by atoms with Crippen molar-refractivity contribution in [3.05, 3.63) is 60.2 Å². The minimum atomic E-state index is -0.663. The first-order chi connectivity index (χ1) is 11.1. The lowest BCUT2D eigenvalue weighted by Gasteiger charge is -2.15. The first-order valence-electron chi connectivity index (χ1n) is 7.40. The van der Waals surface area contributed by atoms with Gasteiger partial charge in [0.2, 0.25) is 0 Å². The molecule has 0 heterocycles. The van der Waals surface area contributed by atoms with Crippen LogP contribution in [0.25, 0.3) is 0 Å². The van der Waals surface area contributed by atoms with Crippen LogP contribution < -0.4 is 10.1 Å². The van der Waals surface area contributed by atoms with Gasteiger partial charge in [0.25, 0.3) is 5.91 Å². The number of hydrogen-bond donors (Lipinski definition) is 1. The highest BCUT2D eigenvalue weighted by Gasteiger charge is 2.15. The maximum Gasteiger partial charge on any atom is 0.338 e. The lowest BCUT2D eigenvalue weighted by Crippen LogP contribution is -2.30. The number of amides is 1. The molecule has 1 atom stereocenters. The van der Waals surface area contributed by atoms with E-state index in [1.807, 2.05) is 18.2 Å². The Hall–Kier alpha value is -2.82. The molecule has 120 valence electrons. The second-order valence-electron chi connectivity index (χ2n) is 4.86. The molecule has 0 fully saturated rings. The smallest absolute Gasteiger partial charge is 0.338 e. The number of ether oxygens (including phenoxy) is 2. The average molecular weight is 313 g/mol. The number of nitrogens with one attached hydrogen (secondary N) is 1. The number of carbonyl (C=O) groups is 2. The fourth-order valence-electron chi connectivity index (χ4n) is 1.91. The molecular weight excluding hydrogens is 294 g/mol. The minimum Gasteiger partial charge on any atom is -0.481 e. The van der Waals surface area contributed by atoms with Crippen LogP contribution in [0.5, 0.6) is 5.75 Å². The molecule has 23 heavy (non-hydrogen) atoms. The molecule has 2 aromatic carbocycles. The molecule has 0 aliphatic rings. The van der Waals surface area contributed by atoms with E-state index in [9.17, 15) is 9.59 Å². The fraction of sp³-hybridized carbons (Fsp3) is 0.222. The Kier molecular flexibility index (Phi) is 5.74. The zero-order valence-electron chi connectivity index (χ0n) is 13.1. The summed E-state index contributed by atoms with van der Waals surface area (Å²) in [6, 6.07) is 15.7. The summed E-state index contributed by atoms with van der Waals surface area (Å²) < 4.78 is 10.5. The summed E-state index contributed by atoms with van der Waals surface area (Å²) in [7, 11) is 0. The largest absolute Gasteiger partial charge is 0.481 e. The Balaban J connectivity index is 1.93. The van der Waals surface area contributed by atoms with E-state index in [1.54, 1.807) is 50.2 Å². The number of anilines is 1. The third-order valence-electron chi connectivity index (χ3n) is 3.09. The molecule has 0 spiro atoms. The van der Waals surface area contributed by atoms with Gasteiger partial charge in [-0.3, -0.25) is 4.79 Å². The SMILES string of the molecule is CCOC(=O)c1ccc(O[C@@H](C)C(=O)Nc2ccccc2)cc1. The quantitative estimate of drug-likeness (QED) is 0.831. The van der Waals surface area contributed by atoms with E-state index in [2.05, 4.69) is 5.32 Å². The molecule has 1 N–H and O–H groups in total. The number of hydrogen-bond acceptors (Lipinski definition) is 4. The van der Waals surface area contributed by atoms with E-state index in [1.165, 1.54) is 0 Å². The lowest BCUT2D eigenvalue weighted by molar-refractivity contribution is -0.122. The lowest BCUT2D eigenvalue weighted by atomic mass is 10.2. The highest BCUT2D eigenvalue weighted by Crippen LogP contribution is 2.15. The van der Waals surface area contributed by atoms with Gasteiger partial charge in [0, 0.05) is 5.69 Å². The van der Waals surface area contributed by atoms with E-state index < -0.39 is 6.10 Å². The van der Waals surface area contributed by atoms with Crippen molar-refractivity contribution < 1.29 is 19.1 Å². The van der Waals surface area contributed by atoms with Crippen molar-refractivity contribution in [3.8, 4) is 5.75 Å². The summed E-state index contributed by atoms with van der Waals surface area (Å²) in [4.78, 5) is 23.6. The summed E-state index contributed by atoms with van der Waals surface area (Å²) in [5.74, 6) is -0.117. The predicted octanol–water partition coefficient (Wildman–Crippen LogP) is 3.27. The Morgan fingerprint density at radius 1 is 1.04 bits per heavy atom. The molecule has 0 saturated heterocycles. The second-order valence-corrected chi connectivity index (χ2v) is 4.86. The van der Waals surface area contributed by atoms with Crippen LogP contribution in [0.15, 0.2) is 54.6 Å². The third kappa shape index (κ3) is 4.85. The summed E-state index contributed by atoms with van der Waals surface area (Å²) in [5.41, 5.74) is 1.16. The van der Waals surface area contributed by atoms with Gasteiger partial charge in [-0.25, -0.2) is 4.79 Å². The second kappa shape index (κ2) is 7.98. The molecule has 5 heteroatoms. The van der Waals surface area contributed by atoms with Gasteiger partial charge >= 0.3 is 5.97 Å². The molecule has 0 aliphatic carbocycles. The van der Waals surface area contributed by atoms with Crippen LogP contribution in [-0.4, -0.2) is 24.6 Å². The third-order valence-corrected chi connectivity index (χ3v) is 3.09. The van der Waals surface area contributed by atoms with Gasteiger partial charge in [0.15, 0.2) is 6.10 Å². The van der Waals surface area contributed by atoms with Gasteiger partial charge in [0.05, 0.1) is 12.2 Å². The van der Waals surface area contributed by atoms with Crippen molar-refractivity contribution >= 4 is 17.6 Å². The van der Waals surface area contributed by atoms with Gasteiger partial charge in [-0.15, -0.1) is 0 Å². The maximum absolute atomic E-state index is 12.1. The van der Waals surface area contributed by atoms with Crippen molar-refractivity contribution in [1.29, 1.82) is 0 Å². The molecule has 0 aliphatic heterocycles. The minimum absolute atomic E-state index is 0.245. The van der Waals surface area contributed by atoms with Crippen LogP contribution in [-0.2, 0) is 9.53 Å². The molecule has 0 radical (unpaired) electrons. The normalized spacial score (nSPS) is 11.4.